The van der Waals surface area contributed by atoms with Crippen molar-refractivity contribution in [3.8, 4) is 11.5 Å². The van der Waals surface area contributed by atoms with E-state index in [2.05, 4.69) is 17.4 Å². The molecule has 1 fully saturated rings. The van der Waals surface area contributed by atoms with Crippen molar-refractivity contribution in [1.29, 1.82) is 0 Å². The molecule has 5 nitrogen and oxygen atoms in total. The van der Waals surface area contributed by atoms with Crippen LogP contribution in [0.3, 0.4) is 0 Å². The summed E-state index contributed by atoms with van der Waals surface area (Å²) >= 11 is 1.90. The Hall–Kier alpha value is -2.18. The second kappa shape index (κ2) is 11.1. The Balaban J connectivity index is 1.40. The summed E-state index contributed by atoms with van der Waals surface area (Å²) in [5, 5.41) is 3.55. The van der Waals surface area contributed by atoms with Gasteiger partial charge >= 0.3 is 0 Å². The molecule has 0 unspecified atom stereocenters. The molecule has 1 N–H and O–H groups in total. The van der Waals surface area contributed by atoms with E-state index in [1.165, 1.54) is 4.90 Å². The number of amides is 1. The fourth-order valence-corrected chi connectivity index (χ4v) is 4.66. The van der Waals surface area contributed by atoms with Crippen LogP contribution in [0.5, 0.6) is 11.5 Å². The molecular weight excluding hydrogens is 386 g/mol. The normalized spacial score (nSPS) is 18.8. The molecule has 29 heavy (non-hydrogen) atoms. The van der Waals surface area contributed by atoms with E-state index in [0.717, 1.165) is 42.9 Å². The van der Waals surface area contributed by atoms with Crippen molar-refractivity contribution < 1.29 is 19.0 Å². The van der Waals surface area contributed by atoms with Gasteiger partial charge in [-0.1, -0.05) is 18.2 Å². The van der Waals surface area contributed by atoms with Crippen LogP contribution in [0.25, 0.3) is 0 Å². The molecule has 0 bridgehead atoms. The first-order chi connectivity index (χ1) is 14.2. The lowest BCUT2D eigenvalue weighted by Gasteiger charge is -2.29. The molecule has 6 heteroatoms. The van der Waals surface area contributed by atoms with Gasteiger partial charge in [0, 0.05) is 28.9 Å². The number of ether oxygens (including phenoxy) is 3. The predicted octanol–water partition coefficient (Wildman–Crippen LogP) is 4.09. The number of para-hydroxylation sites is 1. The highest BCUT2D eigenvalue weighted by Gasteiger charge is 2.23. The minimum Gasteiger partial charge on any atom is -0.497 e. The average molecular weight is 416 g/mol. The van der Waals surface area contributed by atoms with Crippen molar-refractivity contribution >= 4 is 17.7 Å². The Morgan fingerprint density at radius 3 is 2.69 bits per heavy atom. The molecule has 0 saturated carbocycles. The van der Waals surface area contributed by atoms with E-state index in [4.69, 9.17) is 14.2 Å². The van der Waals surface area contributed by atoms with E-state index in [1.54, 1.807) is 14.2 Å². The molecule has 1 saturated heterocycles. The number of thioether (sulfide) groups is 1. The van der Waals surface area contributed by atoms with Gasteiger partial charge in [0.2, 0.25) is 5.91 Å². The largest absolute Gasteiger partial charge is 0.497 e. The highest BCUT2D eigenvalue weighted by atomic mass is 32.2. The molecule has 2 aromatic rings. The highest BCUT2D eigenvalue weighted by molar-refractivity contribution is 8.00. The Morgan fingerprint density at radius 1 is 1.14 bits per heavy atom. The van der Waals surface area contributed by atoms with Gasteiger partial charge in [-0.15, -0.1) is 11.8 Å². The van der Waals surface area contributed by atoms with Crippen LogP contribution in [-0.2, 0) is 16.0 Å². The third kappa shape index (κ3) is 6.68. The molecule has 3 rings (SSSR count). The van der Waals surface area contributed by atoms with Crippen molar-refractivity contribution in [2.24, 2.45) is 0 Å². The highest BCUT2D eigenvalue weighted by Crippen LogP contribution is 2.33. The maximum atomic E-state index is 12.3. The molecule has 1 aliphatic heterocycles. The summed E-state index contributed by atoms with van der Waals surface area (Å²) in [6, 6.07) is 15.8. The zero-order valence-corrected chi connectivity index (χ0v) is 17.9. The van der Waals surface area contributed by atoms with Crippen molar-refractivity contribution in [3.05, 3.63) is 54.1 Å². The zero-order valence-electron chi connectivity index (χ0n) is 17.1. The second-order valence-electron chi connectivity index (χ2n) is 7.06. The van der Waals surface area contributed by atoms with E-state index >= 15 is 0 Å². The number of carbonyl (C=O) groups is 1. The Bertz CT molecular complexity index is 781. The van der Waals surface area contributed by atoms with Gasteiger partial charge in [-0.3, -0.25) is 4.79 Å². The number of hydrogen-bond acceptors (Lipinski definition) is 5. The van der Waals surface area contributed by atoms with Crippen molar-refractivity contribution in [3.63, 3.8) is 0 Å². The first-order valence-corrected chi connectivity index (χ1v) is 10.9. The van der Waals surface area contributed by atoms with Crippen LogP contribution < -0.4 is 14.8 Å². The van der Waals surface area contributed by atoms with Gasteiger partial charge in [0.15, 0.2) is 0 Å². The van der Waals surface area contributed by atoms with Gasteiger partial charge in [-0.2, -0.15) is 0 Å². The topological polar surface area (TPSA) is 56.8 Å². The lowest BCUT2D eigenvalue weighted by atomic mass is 10.1. The average Bonchev–Trinajstić information content (AvgIpc) is 2.75. The molecule has 2 aromatic carbocycles. The van der Waals surface area contributed by atoms with E-state index in [0.29, 0.717) is 18.2 Å². The summed E-state index contributed by atoms with van der Waals surface area (Å²) in [6.07, 6.45) is 3.39. The number of nitrogens with one attached hydrogen (secondary N) is 1. The van der Waals surface area contributed by atoms with E-state index in [9.17, 15) is 4.79 Å². The first-order valence-electron chi connectivity index (χ1n) is 9.99. The lowest BCUT2D eigenvalue weighted by Crippen LogP contribution is -2.33. The standard InChI is InChI=1S/C23H29NO4S/c1-26-18-7-9-20(10-8-18)29-21-12-14-28-19(16-21)11-13-24-23(25)15-17-5-3-4-6-22(17)27-2/h3-10,19,21H,11-16H2,1-2H3,(H,24,25)/t19-,21+/m0/s1. The van der Waals surface area contributed by atoms with Crippen LogP contribution in [0, 0.1) is 0 Å². The van der Waals surface area contributed by atoms with Gasteiger partial charge < -0.3 is 19.5 Å². The lowest BCUT2D eigenvalue weighted by molar-refractivity contribution is -0.120. The summed E-state index contributed by atoms with van der Waals surface area (Å²) in [7, 11) is 3.30. The molecule has 2 atom stereocenters. The van der Waals surface area contributed by atoms with E-state index in [1.807, 2.05) is 48.2 Å². The minimum absolute atomic E-state index is 0.00877. The molecular formula is C23H29NO4S. The summed E-state index contributed by atoms with van der Waals surface area (Å²) in [6.45, 7) is 1.40. The second-order valence-corrected chi connectivity index (χ2v) is 8.43. The van der Waals surface area contributed by atoms with Gasteiger partial charge in [-0.05, 0) is 49.6 Å². The number of hydrogen-bond donors (Lipinski definition) is 1. The van der Waals surface area contributed by atoms with Gasteiger partial charge in [-0.25, -0.2) is 0 Å². The molecule has 0 aliphatic carbocycles. The molecule has 0 spiro atoms. The first kappa shape index (κ1) is 21.5. The monoisotopic (exact) mass is 415 g/mol. The van der Waals surface area contributed by atoms with Crippen LogP contribution in [0.15, 0.2) is 53.4 Å². The van der Waals surface area contributed by atoms with Gasteiger partial charge in [0.1, 0.15) is 11.5 Å². The van der Waals surface area contributed by atoms with Crippen LogP contribution >= 0.6 is 11.8 Å². The summed E-state index contributed by atoms with van der Waals surface area (Å²) in [5.41, 5.74) is 0.900. The number of carbonyl (C=O) groups excluding carboxylic acids is 1. The van der Waals surface area contributed by atoms with Crippen LogP contribution in [0.2, 0.25) is 0 Å². The van der Waals surface area contributed by atoms with Crippen molar-refractivity contribution in [2.75, 3.05) is 27.4 Å². The van der Waals surface area contributed by atoms with Crippen LogP contribution in [0.4, 0.5) is 0 Å². The fourth-order valence-electron chi connectivity index (χ4n) is 3.46. The maximum absolute atomic E-state index is 12.3. The number of methoxy groups -OCH3 is 2. The van der Waals surface area contributed by atoms with E-state index < -0.39 is 0 Å². The zero-order chi connectivity index (χ0) is 20.5. The van der Waals surface area contributed by atoms with E-state index in [-0.39, 0.29) is 12.0 Å². The fraction of sp³-hybridized carbons (Fsp3) is 0.435. The summed E-state index contributed by atoms with van der Waals surface area (Å²) in [5.74, 6) is 1.63. The molecule has 156 valence electrons. The molecule has 1 aliphatic rings. The third-order valence-corrected chi connectivity index (χ3v) is 6.32. The maximum Gasteiger partial charge on any atom is 0.224 e. The smallest absolute Gasteiger partial charge is 0.224 e. The molecule has 0 radical (unpaired) electrons. The van der Waals surface area contributed by atoms with Gasteiger partial charge in [0.25, 0.3) is 0 Å². The Morgan fingerprint density at radius 2 is 1.93 bits per heavy atom. The Kier molecular flexibility index (Phi) is 8.25. The summed E-state index contributed by atoms with van der Waals surface area (Å²) in [4.78, 5) is 13.5. The quantitative estimate of drug-likeness (QED) is 0.668. The molecule has 1 amide bonds. The van der Waals surface area contributed by atoms with Crippen LogP contribution in [0.1, 0.15) is 24.8 Å². The molecule has 1 heterocycles. The van der Waals surface area contributed by atoms with Crippen LogP contribution in [-0.4, -0.2) is 44.6 Å². The van der Waals surface area contributed by atoms with Crippen molar-refractivity contribution in [1.82, 2.24) is 5.32 Å². The molecule has 0 aromatic heterocycles. The van der Waals surface area contributed by atoms with Crippen molar-refractivity contribution in [2.45, 2.75) is 41.9 Å². The number of rotatable bonds is 9. The third-order valence-electron chi connectivity index (χ3n) is 5.01. The summed E-state index contributed by atoms with van der Waals surface area (Å²) < 4.78 is 16.4. The van der Waals surface area contributed by atoms with Gasteiger partial charge in [0.05, 0.1) is 26.7 Å². The predicted molar refractivity (Wildman–Crippen MR) is 116 cm³/mol. The Labute approximate surface area is 177 Å². The SMILES string of the molecule is COc1ccc(S[C@@H]2CCO[C@@H](CCNC(=O)Cc3ccccc3OC)C2)cc1. The number of benzene rings is 2. The minimum atomic E-state index is 0.00877.